The molecule has 0 saturated carbocycles. The summed E-state index contributed by atoms with van der Waals surface area (Å²) in [4.78, 5) is 10.4. The molecule has 2 atom stereocenters. The van der Waals surface area contributed by atoms with Gasteiger partial charge in [-0.3, -0.25) is 4.79 Å². The van der Waals surface area contributed by atoms with Gasteiger partial charge in [0.25, 0.3) is 0 Å². The lowest BCUT2D eigenvalue weighted by Crippen LogP contribution is -2.29. The molecule has 1 fully saturated rings. The summed E-state index contributed by atoms with van der Waals surface area (Å²) in [6, 6.07) is -0.308. The predicted molar refractivity (Wildman–Crippen MR) is 41.3 cm³/mol. The number of hydrogen-bond acceptors (Lipinski definition) is 3. The molecule has 0 bridgehead atoms. The summed E-state index contributed by atoms with van der Waals surface area (Å²) in [7, 11) is 0. The molecule has 0 amide bonds. The van der Waals surface area contributed by atoms with Gasteiger partial charge in [-0.1, -0.05) is 0 Å². The number of carboxylic acid groups (broad SMARTS) is 1. The minimum Gasteiger partial charge on any atom is -0.480 e. The molecule has 0 aromatic heterocycles. The zero-order chi connectivity index (χ0) is 7.56. The third-order valence-electron chi connectivity index (χ3n) is 1.72. The van der Waals surface area contributed by atoms with Gasteiger partial charge in [0.15, 0.2) is 0 Å². The molecule has 10 heavy (non-hydrogen) atoms. The van der Waals surface area contributed by atoms with E-state index in [1.165, 1.54) is 0 Å². The van der Waals surface area contributed by atoms with Gasteiger partial charge in [-0.25, -0.2) is 0 Å². The molecule has 0 spiro atoms. The lowest BCUT2D eigenvalue weighted by molar-refractivity contribution is -0.139. The Kier molecular flexibility index (Phi) is 2.56. The van der Waals surface area contributed by atoms with Gasteiger partial charge in [0.05, 0.1) is 0 Å². The molecule has 0 aromatic carbocycles. The standard InChI is InChI=1S/C6H11NO2S/c1-10-4-2-5(6(8)9)7-3-4/h4-5,7H,2-3H2,1H3,(H,8,9)/t4-,5+/m1/s1. The minimum absolute atomic E-state index is 0.308. The van der Waals surface area contributed by atoms with Gasteiger partial charge in [0, 0.05) is 11.8 Å². The van der Waals surface area contributed by atoms with Crippen molar-refractivity contribution in [1.82, 2.24) is 5.32 Å². The van der Waals surface area contributed by atoms with Crippen LogP contribution in [-0.2, 0) is 4.79 Å². The summed E-state index contributed by atoms with van der Waals surface area (Å²) in [5, 5.41) is 12.0. The summed E-state index contributed by atoms with van der Waals surface area (Å²) in [5.74, 6) is -0.725. The second-order valence-corrected chi connectivity index (χ2v) is 3.53. The Bertz CT molecular complexity index is 140. The smallest absolute Gasteiger partial charge is 0.320 e. The lowest BCUT2D eigenvalue weighted by Gasteiger charge is -2.01. The molecule has 1 heterocycles. The SMILES string of the molecule is CS[C@H]1CN[C@H](C(=O)O)C1. The fourth-order valence-electron chi connectivity index (χ4n) is 1.07. The van der Waals surface area contributed by atoms with Crippen molar-refractivity contribution in [3.05, 3.63) is 0 Å². The van der Waals surface area contributed by atoms with Crippen LogP contribution >= 0.6 is 11.8 Å². The quantitative estimate of drug-likeness (QED) is 0.606. The Labute approximate surface area is 64.2 Å². The summed E-state index contributed by atoms with van der Waals surface area (Å²) in [5.41, 5.74) is 0. The zero-order valence-corrected chi connectivity index (χ0v) is 6.65. The highest BCUT2D eigenvalue weighted by Gasteiger charge is 2.27. The number of carbonyl (C=O) groups is 1. The van der Waals surface area contributed by atoms with Crippen molar-refractivity contribution in [2.75, 3.05) is 12.8 Å². The van der Waals surface area contributed by atoms with Crippen molar-refractivity contribution >= 4 is 17.7 Å². The first-order valence-electron chi connectivity index (χ1n) is 3.23. The molecule has 1 saturated heterocycles. The second kappa shape index (κ2) is 3.25. The fourth-order valence-corrected chi connectivity index (χ4v) is 1.72. The Hall–Kier alpha value is -0.220. The second-order valence-electron chi connectivity index (χ2n) is 2.39. The third kappa shape index (κ3) is 1.64. The van der Waals surface area contributed by atoms with E-state index in [1.807, 2.05) is 6.26 Å². The Balaban J connectivity index is 2.35. The normalized spacial score (nSPS) is 32.5. The monoisotopic (exact) mass is 161 g/mol. The topological polar surface area (TPSA) is 49.3 Å². The summed E-state index contributed by atoms with van der Waals surface area (Å²) < 4.78 is 0. The largest absolute Gasteiger partial charge is 0.480 e. The maximum absolute atomic E-state index is 10.4. The molecule has 0 radical (unpaired) electrons. The molecule has 3 nitrogen and oxygen atoms in total. The Morgan fingerprint density at radius 2 is 2.50 bits per heavy atom. The molecule has 0 unspecified atom stereocenters. The zero-order valence-electron chi connectivity index (χ0n) is 5.83. The van der Waals surface area contributed by atoms with Crippen LogP contribution in [0.15, 0.2) is 0 Å². The molecular weight excluding hydrogens is 150 g/mol. The van der Waals surface area contributed by atoms with Crippen LogP contribution in [-0.4, -0.2) is 35.2 Å². The molecule has 0 aliphatic carbocycles. The van der Waals surface area contributed by atoms with E-state index < -0.39 is 5.97 Å². The van der Waals surface area contributed by atoms with Crippen LogP contribution in [0.5, 0.6) is 0 Å². The first-order chi connectivity index (χ1) is 4.74. The predicted octanol–water partition coefficient (Wildman–Crippen LogP) is 0.164. The van der Waals surface area contributed by atoms with Gasteiger partial charge in [-0.05, 0) is 12.7 Å². The molecule has 1 aliphatic rings. The third-order valence-corrected chi connectivity index (χ3v) is 2.75. The van der Waals surface area contributed by atoms with Gasteiger partial charge in [-0.15, -0.1) is 0 Å². The van der Waals surface area contributed by atoms with E-state index >= 15 is 0 Å². The van der Waals surface area contributed by atoms with Crippen LogP contribution in [0.1, 0.15) is 6.42 Å². The molecular formula is C6H11NO2S. The van der Waals surface area contributed by atoms with E-state index in [-0.39, 0.29) is 6.04 Å². The van der Waals surface area contributed by atoms with Gasteiger partial charge >= 0.3 is 5.97 Å². The molecule has 1 aliphatic heterocycles. The van der Waals surface area contributed by atoms with E-state index in [0.717, 1.165) is 13.0 Å². The van der Waals surface area contributed by atoms with E-state index in [0.29, 0.717) is 5.25 Å². The van der Waals surface area contributed by atoms with E-state index in [4.69, 9.17) is 5.11 Å². The fraction of sp³-hybridized carbons (Fsp3) is 0.833. The van der Waals surface area contributed by atoms with Crippen molar-refractivity contribution in [3.8, 4) is 0 Å². The summed E-state index contributed by atoms with van der Waals surface area (Å²) in [6.45, 7) is 0.831. The van der Waals surface area contributed by atoms with Crippen molar-refractivity contribution in [1.29, 1.82) is 0 Å². The maximum Gasteiger partial charge on any atom is 0.320 e. The molecule has 2 N–H and O–H groups in total. The average Bonchev–Trinajstić information content (AvgIpc) is 2.34. The van der Waals surface area contributed by atoms with Crippen LogP contribution < -0.4 is 5.32 Å². The van der Waals surface area contributed by atoms with Crippen molar-refractivity contribution in [2.45, 2.75) is 17.7 Å². The number of aliphatic carboxylic acids is 1. The van der Waals surface area contributed by atoms with Crippen LogP contribution in [0.2, 0.25) is 0 Å². The Morgan fingerprint density at radius 3 is 2.80 bits per heavy atom. The first-order valence-corrected chi connectivity index (χ1v) is 4.52. The van der Waals surface area contributed by atoms with Crippen LogP contribution in [0.25, 0.3) is 0 Å². The van der Waals surface area contributed by atoms with E-state index in [9.17, 15) is 4.79 Å². The first kappa shape index (κ1) is 7.88. The highest BCUT2D eigenvalue weighted by atomic mass is 32.2. The highest BCUT2D eigenvalue weighted by molar-refractivity contribution is 7.99. The number of hydrogen-bond donors (Lipinski definition) is 2. The highest BCUT2D eigenvalue weighted by Crippen LogP contribution is 2.17. The van der Waals surface area contributed by atoms with Crippen LogP contribution in [0, 0.1) is 0 Å². The number of carboxylic acids is 1. The minimum atomic E-state index is -0.725. The average molecular weight is 161 g/mol. The van der Waals surface area contributed by atoms with Gasteiger partial charge < -0.3 is 10.4 Å². The molecule has 4 heteroatoms. The Morgan fingerprint density at radius 1 is 1.80 bits per heavy atom. The summed E-state index contributed by atoms with van der Waals surface area (Å²) in [6.07, 6.45) is 2.77. The molecule has 58 valence electrons. The van der Waals surface area contributed by atoms with Crippen LogP contribution in [0.4, 0.5) is 0 Å². The van der Waals surface area contributed by atoms with Gasteiger partial charge in [0.2, 0.25) is 0 Å². The van der Waals surface area contributed by atoms with Crippen LogP contribution in [0.3, 0.4) is 0 Å². The van der Waals surface area contributed by atoms with Crippen molar-refractivity contribution in [2.24, 2.45) is 0 Å². The molecule has 0 aromatic rings. The lowest BCUT2D eigenvalue weighted by atomic mass is 10.2. The maximum atomic E-state index is 10.4. The van der Waals surface area contributed by atoms with Gasteiger partial charge in [-0.2, -0.15) is 11.8 Å². The van der Waals surface area contributed by atoms with E-state index in [1.54, 1.807) is 11.8 Å². The number of rotatable bonds is 2. The van der Waals surface area contributed by atoms with Crippen molar-refractivity contribution in [3.63, 3.8) is 0 Å². The van der Waals surface area contributed by atoms with Gasteiger partial charge in [0.1, 0.15) is 6.04 Å². The molecule has 1 rings (SSSR count). The number of thioether (sulfide) groups is 1. The van der Waals surface area contributed by atoms with Crippen molar-refractivity contribution < 1.29 is 9.90 Å². The summed E-state index contributed by atoms with van der Waals surface area (Å²) >= 11 is 1.73. The van der Waals surface area contributed by atoms with E-state index in [2.05, 4.69) is 5.32 Å². The number of nitrogens with one attached hydrogen (secondary N) is 1.